The van der Waals surface area contributed by atoms with Gasteiger partial charge < -0.3 is 24.4 Å². The van der Waals surface area contributed by atoms with E-state index in [-0.39, 0.29) is 29.4 Å². The molecule has 0 unspecified atom stereocenters. The summed E-state index contributed by atoms with van der Waals surface area (Å²) < 4.78 is 16.9. The maximum atomic E-state index is 6.03. The Hall–Kier alpha value is -1.06. The number of benzene rings is 1. The van der Waals surface area contributed by atoms with Gasteiger partial charge in [0.25, 0.3) is 0 Å². The van der Waals surface area contributed by atoms with E-state index < -0.39 is 0 Å². The Labute approximate surface area is 211 Å². The van der Waals surface area contributed by atoms with Crippen LogP contribution in [0.4, 0.5) is 0 Å². The molecule has 1 aromatic carbocycles. The lowest BCUT2D eigenvalue weighted by atomic mass is 9.78. The minimum Gasteiger partial charge on any atom is -0.496 e. The standard InChI is InChI=1S/C25H41N3O3.HI/c1-4-26-24(28-16-12-21(13-17-28)31-19-9-18-29-2)27-20-25(14-7-8-15-25)22-10-5-6-11-23(22)30-3;/h5-6,10-11,21H,4,7-9,12-20H2,1-3H3,(H,26,27);1H. The first-order chi connectivity index (χ1) is 15.2. The summed E-state index contributed by atoms with van der Waals surface area (Å²) in [5.74, 6) is 2.04. The average Bonchev–Trinajstić information content (AvgIpc) is 3.30. The Kier molecular flexibility index (Phi) is 12.1. The van der Waals surface area contributed by atoms with Gasteiger partial charge in [-0.3, -0.25) is 4.99 Å². The summed E-state index contributed by atoms with van der Waals surface area (Å²) in [6.07, 6.45) is 8.29. The molecule has 0 radical (unpaired) electrons. The number of rotatable bonds is 10. The van der Waals surface area contributed by atoms with E-state index >= 15 is 0 Å². The van der Waals surface area contributed by atoms with E-state index in [2.05, 4.69) is 41.4 Å². The number of aliphatic imine (C=N–C) groups is 1. The van der Waals surface area contributed by atoms with Gasteiger partial charge in [-0.05, 0) is 45.1 Å². The van der Waals surface area contributed by atoms with Gasteiger partial charge in [-0.2, -0.15) is 0 Å². The number of nitrogens with one attached hydrogen (secondary N) is 1. The number of hydrogen-bond acceptors (Lipinski definition) is 4. The highest BCUT2D eigenvalue weighted by Gasteiger charge is 2.38. The molecule has 1 aromatic rings. The molecule has 0 amide bonds. The Balaban J connectivity index is 0.00000363. The molecular weight excluding hydrogens is 517 g/mol. The summed E-state index contributed by atoms with van der Waals surface area (Å²) in [4.78, 5) is 7.58. The Morgan fingerprint density at radius 2 is 1.84 bits per heavy atom. The predicted molar refractivity (Wildman–Crippen MR) is 142 cm³/mol. The molecule has 2 fully saturated rings. The first kappa shape index (κ1) is 27.2. The summed E-state index contributed by atoms with van der Waals surface area (Å²) in [6, 6.07) is 8.50. The lowest BCUT2D eigenvalue weighted by Gasteiger charge is -2.35. The van der Waals surface area contributed by atoms with Crippen molar-refractivity contribution in [3.63, 3.8) is 0 Å². The summed E-state index contributed by atoms with van der Waals surface area (Å²) in [6.45, 7) is 7.37. The van der Waals surface area contributed by atoms with Crippen LogP contribution in [0, 0.1) is 0 Å². The maximum Gasteiger partial charge on any atom is 0.193 e. The van der Waals surface area contributed by atoms with Gasteiger partial charge in [-0.1, -0.05) is 31.0 Å². The normalized spacial score (nSPS) is 19.0. The van der Waals surface area contributed by atoms with Crippen molar-refractivity contribution in [2.75, 3.05) is 53.6 Å². The third kappa shape index (κ3) is 7.22. The van der Waals surface area contributed by atoms with Crippen molar-refractivity contribution in [3.8, 4) is 5.75 Å². The molecule has 1 aliphatic heterocycles. The molecule has 0 atom stereocenters. The second kappa shape index (κ2) is 14.3. The molecule has 1 N–H and O–H groups in total. The smallest absolute Gasteiger partial charge is 0.193 e. The maximum absolute atomic E-state index is 6.03. The Bertz CT molecular complexity index is 687. The lowest BCUT2D eigenvalue weighted by molar-refractivity contribution is 0.00989. The summed E-state index contributed by atoms with van der Waals surface area (Å²) in [7, 11) is 3.51. The SMILES string of the molecule is CCNC(=NCC1(c2ccccc2OC)CCCC1)N1CCC(OCCCOC)CC1.I. The molecule has 2 aliphatic rings. The van der Waals surface area contributed by atoms with Crippen molar-refractivity contribution in [1.29, 1.82) is 0 Å². The van der Waals surface area contributed by atoms with Crippen molar-refractivity contribution < 1.29 is 14.2 Å². The van der Waals surface area contributed by atoms with Gasteiger partial charge >= 0.3 is 0 Å². The minimum atomic E-state index is 0. The largest absolute Gasteiger partial charge is 0.496 e. The fraction of sp³-hybridized carbons (Fsp3) is 0.720. The zero-order valence-electron chi connectivity index (χ0n) is 20.1. The van der Waals surface area contributed by atoms with Crippen LogP contribution < -0.4 is 10.1 Å². The van der Waals surface area contributed by atoms with Crippen molar-refractivity contribution in [1.82, 2.24) is 10.2 Å². The zero-order valence-corrected chi connectivity index (χ0v) is 22.4. The Morgan fingerprint density at radius 3 is 2.50 bits per heavy atom. The summed E-state index contributed by atoms with van der Waals surface area (Å²) in [5.41, 5.74) is 1.40. The molecule has 7 heteroatoms. The van der Waals surface area contributed by atoms with Crippen LogP contribution in [0.15, 0.2) is 29.3 Å². The van der Waals surface area contributed by atoms with Crippen LogP contribution in [-0.4, -0.2) is 70.6 Å². The topological polar surface area (TPSA) is 55.3 Å². The number of likely N-dealkylation sites (tertiary alicyclic amines) is 1. The Morgan fingerprint density at radius 1 is 1.12 bits per heavy atom. The number of hydrogen-bond donors (Lipinski definition) is 1. The first-order valence-corrected chi connectivity index (χ1v) is 12.0. The first-order valence-electron chi connectivity index (χ1n) is 12.0. The third-order valence-corrected chi connectivity index (χ3v) is 6.69. The van der Waals surface area contributed by atoms with Gasteiger partial charge in [0.1, 0.15) is 5.75 Å². The van der Waals surface area contributed by atoms with Crippen LogP contribution in [-0.2, 0) is 14.9 Å². The van der Waals surface area contributed by atoms with Gasteiger partial charge in [0.15, 0.2) is 5.96 Å². The van der Waals surface area contributed by atoms with Crippen molar-refractivity contribution in [2.45, 2.75) is 63.4 Å². The van der Waals surface area contributed by atoms with Gasteiger partial charge in [0, 0.05) is 50.9 Å². The molecule has 0 aromatic heterocycles. The second-order valence-electron chi connectivity index (χ2n) is 8.76. The van der Waals surface area contributed by atoms with Gasteiger partial charge in [-0.15, -0.1) is 24.0 Å². The molecule has 0 spiro atoms. The third-order valence-electron chi connectivity index (χ3n) is 6.69. The molecule has 1 heterocycles. The number of guanidine groups is 1. The van der Waals surface area contributed by atoms with Gasteiger partial charge in [-0.25, -0.2) is 0 Å². The number of methoxy groups -OCH3 is 2. The highest BCUT2D eigenvalue weighted by atomic mass is 127. The molecular formula is C25H42IN3O3. The van der Waals surface area contributed by atoms with Crippen LogP contribution >= 0.6 is 24.0 Å². The molecule has 1 saturated carbocycles. The van der Waals surface area contributed by atoms with E-state index in [9.17, 15) is 0 Å². The van der Waals surface area contributed by atoms with Gasteiger partial charge in [0.2, 0.25) is 0 Å². The minimum absolute atomic E-state index is 0. The number of piperidine rings is 1. The van der Waals surface area contributed by atoms with Crippen LogP contribution in [0.1, 0.15) is 57.4 Å². The molecule has 182 valence electrons. The molecule has 0 bridgehead atoms. The number of para-hydroxylation sites is 1. The van der Waals surface area contributed by atoms with E-state index in [0.29, 0.717) is 6.10 Å². The molecule has 1 saturated heterocycles. The number of halogens is 1. The molecule has 3 rings (SSSR count). The summed E-state index contributed by atoms with van der Waals surface area (Å²) >= 11 is 0. The monoisotopic (exact) mass is 559 g/mol. The van der Waals surface area contributed by atoms with Crippen LogP contribution in [0.2, 0.25) is 0 Å². The van der Waals surface area contributed by atoms with Crippen molar-refractivity contribution in [2.24, 2.45) is 4.99 Å². The van der Waals surface area contributed by atoms with E-state index in [4.69, 9.17) is 19.2 Å². The van der Waals surface area contributed by atoms with Crippen molar-refractivity contribution in [3.05, 3.63) is 29.8 Å². The highest BCUT2D eigenvalue weighted by Crippen LogP contribution is 2.45. The van der Waals surface area contributed by atoms with E-state index in [0.717, 1.165) is 70.4 Å². The average molecular weight is 560 g/mol. The van der Waals surface area contributed by atoms with Crippen LogP contribution in [0.25, 0.3) is 0 Å². The fourth-order valence-electron chi connectivity index (χ4n) is 4.99. The fourth-order valence-corrected chi connectivity index (χ4v) is 4.99. The van der Waals surface area contributed by atoms with Crippen LogP contribution in [0.5, 0.6) is 5.75 Å². The van der Waals surface area contributed by atoms with E-state index in [1.165, 1.54) is 31.2 Å². The number of ether oxygens (including phenoxy) is 3. The molecule has 32 heavy (non-hydrogen) atoms. The zero-order chi connectivity index (χ0) is 21.9. The van der Waals surface area contributed by atoms with E-state index in [1.54, 1.807) is 14.2 Å². The summed E-state index contributed by atoms with van der Waals surface area (Å²) in [5, 5.41) is 3.54. The van der Waals surface area contributed by atoms with Crippen LogP contribution in [0.3, 0.4) is 0 Å². The molecule has 6 nitrogen and oxygen atoms in total. The highest BCUT2D eigenvalue weighted by molar-refractivity contribution is 14.0. The predicted octanol–water partition coefficient (Wildman–Crippen LogP) is 4.61. The quantitative estimate of drug-likeness (QED) is 0.197. The van der Waals surface area contributed by atoms with Crippen molar-refractivity contribution >= 4 is 29.9 Å². The number of nitrogens with zero attached hydrogens (tertiary/aromatic N) is 2. The van der Waals surface area contributed by atoms with Gasteiger partial charge in [0.05, 0.1) is 19.8 Å². The lowest BCUT2D eigenvalue weighted by Crippen LogP contribution is -2.47. The second-order valence-corrected chi connectivity index (χ2v) is 8.76. The van der Waals surface area contributed by atoms with E-state index in [1.807, 2.05) is 0 Å². The molecule has 1 aliphatic carbocycles.